The van der Waals surface area contributed by atoms with Crippen LogP contribution in [0.1, 0.15) is 30.9 Å². The molecule has 2 aliphatic heterocycles. The van der Waals surface area contributed by atoms with Crippen LogP contribution >= 0.6 is 0 Å². The first-order chi connectivity index (χ1) is 13.1. The number of guanidine groups is 1. The Balaban J connectivity index is 1.48. The normalized spacial score (nSPS) is 20.1. The average molecular weight is 373 g/mol. The first kappa shape index (κ1) is 19.7. The van der Waals surface area contributed by atoms with Crippen molar-refractivity contribution in [1.82, 2.24) is 15.1 Å². The van der Waals surface area contributed by atoms with E-state index in [-0.39, 0.29) is 11.9 Å². The molecule has 1 aromatic carbocycles. The Bertz CT molecular complexity index is 668. The van der Waals surface area contributed by atoms with Crippen LogP contribution in [0.2, 0.25) is 0 Å². The van der Waals surface area contributed by atoms with E-state index in [1.807, 2.05) is 7.05 Å². The highest BCUT2D eigenvalue weighted by Crippen LogP contribution is 2.21. The summed E-state index contributed by atoms with van der Waals surface area (Å²) in [7, 11) is 3.30. The molecule has 1 unspecified atom stereocenters. The molecule has 1 atom stereocenters. The Morgan fingerprint density at radius 3 is 2.63 bits per heavy atom. The van der Waals surface area contributed by atoms with Crippen molar-refractivity contribution in [3.8, 4) is 0 Å². The largest absolute Gasteiger partial charge is 0.469 e. The van der Waals surface area contributed by atoms with Crippen LogP contribution in [0.25, 0.3) is 0 Å². The van der Waals surface area contributed by atoms with Crippen LogP contribution in [0, 0.1) is 5.92 Å². The molecular formula is C21H32N4O2. The van der Waals surface area contributed by atoms with Crippen molar-refractivity contribution in [3.05, 3.63) is 35.4 Å². The van der Waals surface area contributed by atoms with E-state index in [0.29, 0.717) is 6.04 Å². The summed E-state index contributed by atoms with van der Waals surface area (Å²) in [6.45, 7) is 6.93. The zero-order chi connectivity index (χ0) is 19.2. The molecule has 0 saturated carbocycles. The third kappa shape index (κ3) is 4.80. The Morgan fingerprint density at radius 1 is 1.26 bits per heavy atom. The predicted octanol–water partition coefficient (Wildman–Crippen LogP) is 1.89. The number of rotatable bonds is 4. The number of aliphatic imine (C=N–C) groups is 1. The molecule has 1 fully saturated rings. The van der Waals surface area contributed by atoms with E-state index in [9.17, 15) is 4.79 Å². The summed E-state index contributed by atoms with van der Waals surface area (Å²) >= 11 is 0. The first-order valence-corrected chi connectivity index (χ1v) is 9.96. The molecule has 27 heavy (non-hydrogen) atoms. The number of nitrogens with zero attached hydrogens (tertiary/aromatic N) is 3. The van der Waals surface area contributed by atoms with Crippen molar-refractivity contribution < 1.29 is 9.53 Å². The molecule has 148 valence electrons. The molecule has 2 aliphatic rings. The SMILES string of the molecule is CN=C(NCC(C)N1CCc2ccccc2C1)N1CCC(C(=O)OC)CC1. The maximum atomic E-state index is 11.7. The summed E-state index contributed by atoms with van der Waals surface area (Å²) in [5.41, 5.74) is 2.93. The van der Waals surface area contributed by atoms with Gasteiger partial charge in [-0.05, 0) is 37.3 Å². The van der Waals surface area contributed by atoms with E-state index in [4.69, 9.17) is 4.74 Å². The van der Waals surface area contributed by atoms with Crippen LogP contribution in [0.15, 0.2) is 29.3 Å². The fourth-order valence-corrected chi connectivity index (χ4v) is 4.09. The lowest BCUT2D eigenvalue weighted by atomic mass is 9.97. The van der Waals surface area contributed by atoms with Crippen LogP contribution in [-0.4, -0.2) is 68.1 Å². The topological polar surface area (TPSA) is 57.2 Å². The van der Waals surface area contributed by atoms with Gasteiger partial charge in [0, 0.05) is 45.8 Å². The number of ether oxygens (including phenoxy) is 1. The number of carbonyl (C=O) groups is 1. The van der Waals surface area contributed by atoms with Gasteiger partial charge < -0.3 is 15.0 Å². The highest BCUT2D eigenvalue weighted by molar-refractivity contribution is 5.80. The summed E-state index contributed by atoms with van der Waals surface area (Å²) in [5.74, 6) is 0.871. The fraction of sp³-hybridized carbons (Fsp3) is 0.619. The van der Waals surface area contributed by atoms with Gasteiger partial charge in [0.2, 0.25) is 0 Å². The minimum absolute atomic E-state index is 0.0247. The van der Waals surface area contributed by atoms with Crippen molar-refractivity contribution in [2.24, 2.45) is 10.9 Å². The standard InChI is InChI=1S/C21H32N4O2/c1-16(25-13-8-17-6-4-5-7-19(17)15-25)14-23-21(22-2)24-11-9-18(10-12-24)20(26)27-3/h4-7,16,18H,8-15H2,1-3H3,(H,22,23). The van der Waals surface area contributed by atoms with E-state index in [1.54, 1.807) is 0 Å². The lowest BCUT2D eigenvalue weighted by Crippen LogP contribution is -2.50. The van der Waals surface area contributed by atoms with Crippen LogP contribution in [0.4, 0.5) is 0 Å². The number of benzene rings is 1. The molecular weight excluding hydrogens is 340 g/mol. The molecule has 1 saturated heterocycles. The molecule has 6 nitrogen and oxygen atoms in total. The Labute approximate surface area is 162 Å². The smallest absolute Gasteiger partial charge is 0.308 e. The third-order valence-electron chi connectivity index (χ3n) is 5.88. The number of nitrogens with one attached hydrogen (secondary N) is 1. The number of esters is 1. The lowest BCUT2D eigenvalue weighted by molar-refractivity contribution is -0.146. The van der Waals surface area contributed by atoms with Gasteiger partial charge in [-0.1, -0.05) is 24.3 Å². The average Bonchev–Trinajstić information content (AvgIpc) is 2.73. The summed E-state index contributed by atoms with van der Waals surface area (Å²) in [5, 5.41) is 3.54. The molecule has 0 spiro atoms. The monoisotopic (exact) mass is 372 g/mol. The van der Waals surface area contributed by atoms with Crippen LogP contribution < -0.4 is 5.32 Å². The van der Waals surface area contributed by atoms with Crippen LogP contribution in [0.3, 0.4) is 0 Å². The van der Waals surface area contributed by atoms with Gasteiger partial charge in [0.1, 0.15) is 0 Å². The maximum absolute atomic E-state index is 11.7. The van der Waals surface area contributed by atoms with Gasteiger partial charge in [0.25, 0.3) is 0 Å². The molecule has 1 N–H and O–H groups in total. The van der Waals surface area contributed by atoms with Crippen molar-refractivity contribution >= 4 is 11.9 Å². The van der Waals surface area contributed by atoms with Gasteiger partial charge >= 0.3 is 5.97 Å². The minimum Gasteiger partial charge on any atom is -0.469 e. The lowest BCUT2D eigenvalue weighted by Gasteiger charge is -2.36. The number of hydrogen-bond donors (Lipinski definition) is 1. The van der Waals surface area contributed by atoms with Crippen molar-refractivity contribution in [2.75, 3.05) is 40.3 Å². The van der Waals surface area contributed by atoms with Crippen LogP contribution in [-0.2, 0) is 22.5 Å². The minimum atomic E-state index is -0.0865. The molecule has 0 radical (unpaired) electrons. The second-order valence-corrected chi connectivity index (χ2v) is 7.55. The maximum Gasteiger partial charge on any atom is 0.308 e. The zero-order valence-electron chi connectivity index (χ0n) is 16.8. The molecule has 6 heteroatoms. The zero-order valence-corrected chi connectivity index (χ0v) is 16.8. The van der Waals surface area contributed by atoms with E-state index in [0.717, 1.165) is 57.9 Å². The van der Waals surface area contributed by atoms with E-state index in [2.05, 4.69) is 51.3 Å². The molecule has 0 amide bonds. The second-order valence-electron chi connectivity index (χ2n) is 7.55. The van der Waals surface area contributed by atoms with Gasteiger partial charge in [0.05, 0.1) is 13.0 Å². The summed E-state index contributed by atoms with van der Waals surface area (Å²) in [4.78, 5) is 20.9. The van der Waals surface area contributed by atoms with Gasteiger partial charge in [-0.25, -0.2) is 0 Å². The number of methoxy groups -OCH3 is 1. The first-order valence-electron chi connectivity index (χ1n) is 9.96. The quantitative estimate of drug-likeness (QED) is 0.497. The second kappa shape index (κ2) is 9.22. The van der Waals surface area contributed by atoms with Gasteiger partial charge in [-0.15, -0.1) is 0 Å². The number of piperidine rings is 1. The van der Waals surface area contributed by atoms with Crippen molar-refractivity contribution in [1.29, 1.82) is 0 Å². The summed E-state index contributed by atoms with van der Waals surface area (Å²) in [6.07, 6.45) is 2.77. The van der Waals surface area contributed by atoms with Crippen LogP contribution in [0.5, 0.6) is 0 Å². The molecule has 0 aliphatic carbocycles. The Kier molecular flexibility index (Phi) is 6.72. The molecule has 2 heterocycles. The van der Waals surface area contributed by atoms with Crippen molar-refractivity contribution in [2.45, 2.75) is 38.8 Å². The van der Waals surface area contributed by atoms with Gasteiger partial charge in [-0.3, -0.25) is 14.7 Å². The Morgan fingerprint density at radius 2 is 1.96 bits per heavy atom. The van der Waals surface area contributed by atoms with E-state index < -0.39 is 0 Å². The number of likely N-dealkylation sites (tertiary alicyclic amines) is 1. The highest BCUT2D eigenvalue weighted by Gasteiger charge is 2.27. The summed E-state index contributed by atoms with van der Waals surface area (Å²) < 4.78 is 4.87. The highest BCUT2D eigenvalue weighted by atomic mass is 16.5. The van der Waals surface area contributed by atoms with Crippen molar-refractivity contribution in [3.63, 3.8) is 0 Å². The third-order valence-corrected chi connectivity index (χ3v) is 5.88. The van der Waals surface area contributed by atoms with E-state index in [1.165, 1.54) is 18.2 Å². The number of fused-ring (bicyclic) bond motifs is 1. The predicted molar refractivity (Wildman–Crippen MR) is 108 cm³/mol. The number of hydrogen-bond acceptors (Lipinski definition) is 4. The van der Waals surface area contributed by atoms with E-state index >= 15 is 0 Å². The molecule has 0 bridgehead atoms. The fourth-order valence-electron chi connectivity index (χ4n) is 4.09. The molecule has 1 aromatic rings. The van der Waals surface area contributed by atoms with Gasteiger partial charge in [0.15, 0.2) is 5.96 Å². The summed E-state index contributed by atoms with van der Waals surface area (Å²) in [6, 6.07) is 9.18. The van der Waals surface area contributed by atoms with Gasteiger partial charge in [-0.2, -0.15) is 0 Å². The molecule has 3 rings (SSSR count). The molecule has 0 aromatic heterocycles. The Hall–Kier alpha value is -2.08. The number of carbonyl (C=O) groups excluding carboxylic acids is 1.